The number of aromatic amines is 1. The lowest BCUT2D eigenvalue weighted by Crippen LogP contribution is -2.04. The quantitative estimate of drug-likeness (QED) is 0.513. The summed E-state index contributed by atoms with van der Waals surface area (Å²) in [6, 6.07) is 12.1. The highest BCUT2D eigenvalue weighted by Crippen LogP contribution is 2.24. The largest absolute Gasteiger partial charge is 0.299 e. The standard InChI is InChI=1S/C17H14Cl2FN3S2/c18-13-4-1-11(2-5-13)8-23-16(21-22-17(23)24)10-25-9-12-3-6-14(20)7-15(12)19/h1-7H,8-10H2,(H,22,24). The van der Waals surface area contributed by atoms with Crippen molar-refractivity contribution in [3.8, 4) is 0 Å². The van der Waals surface area contributed by atoms with E-state index in [2.05, 4.69) is 10.2 Å². The van der Waals surface area contributed by atoms with Crippen LogP contribution in [-0.4, -0.2) is 14.8 Å². The summed E-state index contributed by atoms with van der Waals surface area (Å²) in [5.74, 6) is 1.85. The SMILES string of the molecule is Fc1ccc(CSCc2n[nH]c(=S)n2Cc2ccc(Cl)cc2)c(Cl)c1. The fourth-order valence-electron chi connectivity index (χ4n) is 2.29. The van der Waals surface area contributed by atoms with E-state index in [0.717, 1.165) is 17.0 Å². The second-order valence-corrected chi connectivity index (χ2v) is 7.60. The molecule has 0 unspecified atom stereocenters. The van der Waals surface area contributed by atoms with Gasteiger partial charge < -0.3 is 0 Å². The normalized spacial score (nSPS) is 11.0. The van der Waals surface area contributed by atoms with Gasteiger partial charge in [0.1, 0.15) is 11.6 Å². The molecule has 1 heterocycles. The van der Waals surface area contributed by atoms with Crippen LogP contribution >= 0.6 is 47.2 Å². The highest BCUT2D eigenvalue weighted by atomic mass is 35.5. The molecule has 0 saturated heterocycles. The van der Waals surface area contributed by atoms with Crippen molar-refractivity contribution < 1.29 is 4.39 Å². The molecule has 8 heteroatoms. The Labute approximate surface area is 164 Å². The van der Waals surface area contributed by atoms with Crippen LogP contribution in [0.25, 0.3) is 0 Å². The van der Waals surface area contributed by atoms with Crippen molar-refractivity contribution in [1.82, 2.24) is 14.8 Å². The molecule has 3 rings (SSSR count). The zero-order valence-corrected chi connectivity index (χ0v) is 16.2. The number of hydrogen-bond donors (Lipinski definition) is 1. The molecule has 1 aromatic heterocycles. The van der Waals surface area contributed by atoms with Gasteiger partial charge in [0.2, 0.25) is 0 Å². The highest BCUT2D eigenvalue weighted by Gasteiger charge is 2.09. The summed E-state index contributed by atoms with van der Waals surface area (Å²) in [7, 11) is 0. The number of nitrogens with zero attached hydrogens (tertiary/aromatic N) is 2. The first-order chi connectivity index (χ1) is 12.0. The Morgan fingerprint density at radius 2 is 1.88 bits per heavy atom. The lowest BCUT2D eigenvalue weighted by molar-refractivity contribution is 0.627. The van der Waals surface area contributed by atoms with Crippen LogP contribution < -0.4 is 0 Å². The van der Waals surface area contributed by atoms with Crippen LogP contribution in [0.1, 0.15) is 17.0 Å². The predicted molar refractivity (Wildman–Crippen MR) is 104 cm³/mol. The summed E-state index contributed by atoms with van der Waals surface area (Å²) in [5.41, 5.74) is 1.99. The molecule has 0 fully saturated rings. The van der Waals surface area contributed by atoms with Gasteiger partial charge in [-0.1, -0.05) is 41.4 Å². The van der Waals surface area contributed by atoms with Crippen molar-refractivity contribution in [3.63, 3.8) is 0 Å². The van der Waals surface area contributed by atoms with Crippen LogP contribution in [0.4, 0.5) is 4.39 Å². The van der Waals surface area contributed by atoms with Gasteiger partial charge in [-0.3, -0.25) is 9.67 Å². The Morgan fingerprint density at radius 1 is 1.12 bits per heavy atom. The number of nitrogens with one attached hydrogen (secondary N) is 1. The third kappa shape index (κ3) is 4.85. The monoisotopic (exact) mass is 413 g/mol. The minimum Gasteiger partial charge on any atom is -0.299 e. The van der Waals surface area contributed by atoms with Crippen molar-refractivity contribution >= 4 is 47.2 Å². The third-order valence-corrected chi connectivity index (χ3v) is 5.49. The van der Waals surface area contributed by atoms with E-state index in [0.29, 0.717) is 32.9 Å². The first-order valence-corrected chi connectivity index (χ1v) is 9.75. The van der Waals surface area contributed by atoms with Gasteiger partial charge in [-0.15, -0.1) is 11.8 Å². The van der Waals surface area contributed by atoms with Crippen molar-refractivity contribution in [1.29, 1.82) is 0 Å². The molecule has 0 spiro atoms. The van der Waals surface area contributed by atoms with E-state index in [4.69, 9.17) is 35.4 Å². The number of hydrogen-bond acceptors (Lipinski definition) is 3. The Hall–Kier alpha value is -1.34. The van der Waals surface area contributed by atoms with E-state index in [1.54, 1.807) is 17.8 Å². The van der Waals surface area contributed by atoms with E-state index in [-0.39, 0.29) is 5.82 Å². The number of halogens is 3. The van der Waals surface area contributed by atoms with Gasteiger partial charge in [-0.25, -0.2) is 4.39 Å². The summed E-state index contributed by atoms with van der Waals surface area (Å²) in [4.78, 5) is 0. The van der Waals surface area contributed by atoms with E-state index < -0.39 is 0 Å². The molecule has 130 valence electrons. The molecule has 3 nitrogen and oxygen atoms in total. The Morgan fingerprint density at radius 3 is 2.60 bits per heavy atom. The molecule has 25 heavy (non-hydrogen) atoms. The smallest absolute Gasteiger partial charge is 0.195 e. The number of aromatic nitrogens is 3. The number of benzene rings is 2. The second kappa shape index (κ2) is 8.36. The van der Waals surface area contributed by atoms with Crippen LogP contribution in [-0.2, 0) is 18.1 Å². The Bertz CT molecular complexity index is 922. The summed E-state index contributed by atoms with van der Waals surface area (Å²) in [5, 5.41) is 8.28. The molecular formula is C17H14Cl2FN3S2. The summed E-state index contributed by atoms with van der Waals surface area (Å²) >= 11 is 18.9. The minimum atomic E-state index is -0.331. The maximum atomic E-state index is 13.1. The van der Waals surface area contributed by atoms with Crippen molar-refractivity contribution in [2.24, 2.45) is 0 Å². The average molecular weight is 414 g/mol. The van der Waals surface area contributed by atoms with Gasteiger partial charge in [-0.05, 0) is 47.6 Å². The van der Waals surface area contributed by atoms with Crippen molar-refractivity contribution in [2.45, 2.75) is 18.1 Å². The minimum absolute atomic E-state index is 0.331. The van der Waals surface area contributed by atoms with Gasteiger partial charge >= 0.3 is 0 Å². The molecule has 2 aromatic carbocycles. The first-order valence-electron chi connectivity index (χ1n) is 7.43. The van der Waals surface area contributed by atoms with Crippen LogP contribution in [0, 0.1) is 10.6 Å². The molecule has 0 amide bonds. The Balaban J connectivity index is 1.67. The van der Waals surface area contributed by atoms with E-state index in [9.17, 15) is 4.39 Å². The van der Waals surface area contributed by atoms with Gasteiger partial charge in [0.05, 0.1) is 12.3 Å². The van der Waals surface area contributed by atoms with Gasteiger partial charge in [0, 0.05) is 15.8 Å². The summed E-state index contributed by atoms with van der Waals surface area (Å²) in [6.07, 6.45) is 0. The molecule has 0 radical (unpaired) electrons. The summed E-state index contributed by atoms with van der Waals surface area (Å²) < 4.78 is 15.6. The van der Waals surface area contributed by atoms with E-state index >= 15 is 0 Å². The molecule has 0 aliphatic rings. The molecule has 0 aliphatic carbocycles. The lowest BCUT2D eigenvalue weighted by Gasteiger charge is -2.08. The number of thioether (sulfide) groups is 1. The van der Waals surface area contributed by atoms with Crippen LogP contribution in [0.5, 0.6) is 0 Å². The fraction of sp³-hybridized carbons (Fsp3) is 0.176. The zero-order valence-electron chi connectivity index (χ0n) is 13.0. The molecule has 3 aromatic rings. The molecular weight excluding hydrogens is 400 g/mol. The topological polar surface area (TPSA) is 33.6 Å². The molecule has 1 N–H and O–H groups in total. The first kappa shape index (κ1) is 18.5. The predicted octanol–water partition coefficient (Wildman–Crippen LogP) is 5.87. The third-order valence-electron chi connectivity index (χ3n) is 3.60. The number of rotatable bonds is 6. The average Bonchev–Trinajstić information content (AvgIpc) is 2.92. The van der Waals surface area contributed by atoms with E-state index in [1.165, 1.54) is 12.1 Å². The maximum absolute atomic E-state index is 13.1. The van der Waals surface area contributed by atoms with Crippen LogP contribution in [0.15, 0.2) is 42.5 Å². The van der Waals surface area contributed by atoms with Gasteiger partial charge in [-0.2, -0.15) is 5.10 Å². The van der Waals surface area contributed by atoms with E-state index in [1.807, 2.05) is 28.8 Å². The fourth-order valence-corrected chi connectivity index (χ4v) is 3.92. The maximum Gasteiger partial charge on any atom is 0.195 e. The van der Waals surface area contributed by atoms with Crippen molar-refractivity contribution in [3.05, 3.63) is 80.0 Å². The van der Waals surface area contributed by atoms with Gasteiger partial charge in [0.15, 0.2) is 4.77 Å². The van der Waals surface area contributed by atoms with Crippen LogP contribution in [0.2, 0.25) is 10.0 Å². The molecule has 0 saturated carbocycles. The van der Waals surface area contributed by atoms with Gasteiger partial charge in [0.25, 0.3) is 0 Å². The zero-order chi connectivity index (χ0) is 17.8. The second-order valence-electron chi connectivity index (χ2n) is 5.39. The summed E-state index contributed by atoms with van der Waals surface area (Å²) in [6.45, 7) is 0.625. The van der Waals surface area contributed by atoms with Crippen LogP contribution in [0.3, 0.4) is 0 Å². The molecule has 0 atom stereocenters. The lowest BCUT2D eigenvalue weighted by atomic mass is 10.2. The van der Waals surface area contributed by atoms with Crippen molar-refractivity contribution in [2.75, 3.05) is 0 Å². The molecule has 0 aliphatic heterocycles. The molecule has 0 bridgehead atoms. The Kier molecular flexibility index (Phi) is 6.17. The highest BCUT2D eigenvalue weighted by molar-refractivity contribution is 7.97. The number of H-pyrrole nitrogens is 1.